The fourth-order valence-electron chi connectivity index (χ4n) is 2.97. The second-order valence-electron chi connectivity index (χ2n) is 6.06. The van der Waals surface area contributed by atoms with Crippen molar-refractivity contribution < 1.29 is 9.90 Å². The largest absolute Gasteiger partial charge is 0.478 e. The Morgan fingerprint density at radius 1 is 1.30 bits per heavy atom. The topological polar surface area (TPSA) is 55.1 Å². The number of hydrogen-bond acceptors (Lipinski definition) is 2. The molecule has 4 rings (SSSR count). The molecule has 0 atom stereocenters. The predicted molar refractivity (Wildman–Crippen MR) is 90.1 cm³/mol. The highest BCUT2D eigenvalue weighted by Crippen LogP contribution is 2.39. The lowest BCUT2D eigenvalue weighted by atomic mass is 10.0. The Kier molecular flexibility index (Phi) is 3.16. The van der Waals surface area contributed by atoms with Crippen LogP contribution in [0, 0.1) is 6.92 Å². The number of carbonyl (C=O) groups is 1. The number of imidazole rings is 1. The first-order chi connectivity index (χ1) is 11.0. The monoisotopic (exact) mass is 326 g/mol. The van der Waals surface area contributed by atoms with Crippen molar-refractivity contribution in [2.75, 3.05) is 0 Å². The van der Waals surface area contributed by atoms with E-state index in [1.807, 2.05) is 35.8 Å². The van der Waals surface area contributed by atoms with Gasteiger partial charge in [-0.2, -0.15) is 0 Å². The molecular formula is C18H15ClN2O2. The van der Waals surface area contributed by atoms with Gasteiger partial charge in [0.15, 0.2) is 0 Å². The molecule has 4 nitrogen and oxygen atoms in total. The number of aryl methyl sites for hydroxylation is 1. The van der Waals surface area contributed by atoms with Crippen LogP contribution >= 0.6 is 11.6 Å². The van der Waals surface area contributed by atoms with E-state index in [-0.39, 0.29) is 5.56 Å². The van der Waals surface area contributed by atoms with Crippen LogP contribution < -0.4 is 0 Å². The number of aromatic carboxylic acids is 1. The lowest BCUT2D eigenvalue weighted by Crippen LogP contribution is -2.02. The Morgan fingerprint density at radius 3 is 2.74 bits per heavy atom. The third-order valence-corrected chi connectivity index (χ3v) is 4.59. The molecule has 0 amide bonds. The van der Waals surface area contributed by atoms with Crippen molar-refractivity contribution in [3.05, 3.63) is 52.8 Å². The van der Waals surface area contributed by atoms with Crippen molar-refractivity contribution in [3.63, 3.8) is 0 Å². The van der Waals surface area contributed by atoms with E-state index < -0.39 is 5.97 Å². The molecule has 3 aromatic rings. The van der Waals surface area contributed by atoms with E-state index in [2.05, 4.69) is 4.98 Å². The normalized spacial score (nSPS) is 14.3. The zero-order chi connectivity index (χ0) is 16.1. The van der Waals surface area contributed by atoms with E-state index in [4.69, 9.17) is 11.6 Å². The Labute approximate surface area is 138 Å². The van der Waals surface area contributed by atoms with E-state index >= 15 is 0 Å². The Bertz CT molecular complexity index is 942. The van der Waals surface area contributed by atoms with Gasteiger partial charge < -0.3 is 9.67 Å². The molecule has 1 aliphatic carbocycles. The summed E-state index contributed by atoms with van der Waals surface area (Å²) in [7, 11) is 0. The number of carboxylic acids is 1. The highest BCUT2D eigenvalue weighted by Gasteiger charge is 2.27. The molecule has 1 aliphatic rings. The summed E-state index contributed by atoms with van der Waals surface area (Å²) >= 11 is 6.34. The predicted octanol–water partition coefficient (Wildman–Crippen LogP) is 4.70. The van der Waals surface area contributed by atoms with E-state index in [0.717, 1.165) is 29.5 Å². The van der Waals surface area contributed by atoms with Crippen LogP contribution in [0.15, 0.2) is 36.7 Å². The molecule has 0 aliphatic heterocycles. The number of hydrogen-bond donors (Lipinski definition) is 1. The van der Waals surface area contributed by atoms with Gasteiger partial charge in [-0.05, 0) is 49.1 Å². The van der Waals surface area contributed by atoms with Gasteiger partial charge in [0.1, 0.15) is 0 Å². The molecule has 1 fully saturated rings. The first-order valence-corrected chi connectivity index (χ1v) is 7.93. The van der Waals surface area contributed by atoms with Crippen molar-refractivity contribution in [1.82, 2.24) is 9.55 Å². The minimum Gasteiger partial charge on any atom is -0.478 e. The second-order valence-corrected chi connectivity index (χ2v) is 6.47. The summed E-state index contributed by atoms with van der Waals surface area (Å²) in [4.78, 5) is 16.2. The van der Waals surface area contributed by atoms with Crippen molar-refractivity contribution in [3.8, 4) is 11.1 Å². The average molecular weight is 327 g/mol. The molecule has 1 N–H and O–H groups in total. The molecule has 1 aromatic heterocycles. The number of rotatable bonds is 3. The molecule has 0 spiro atoms. The van der Waals surface area contributed by atoms with Crippen LogP contribution in [-0.4, -0.2) is 20.6 Å². The minimum absolute atomic E-state index is 0.276. The number of halogens is 1. The number of nitrogens with zero attached hydrogens (tertiary/aromatic N) is 2. The first kappa shape index (κ1) is 14.3. The van der Waals surface area contributed by atoms with Crippen molar-refractivity contribution >= 4 is 28.6 Å². The van der Waals surface area contributed by atoms with Crippen LogP contribution in [0.1, 0.15) is 34.8 Å². The zero-order valence-corrected chi connectivity index (χ0v) is 13.3. The summed E-state index contributed by atoms with van der Waals surface area (Å²) in [6.45, 7) is 1.97. The summed E-state index contributed by atoms with van der Waals surface area (Å²) in [5.74, 6) is -0.942. The molecule has 5 heteroatoms. The van der Waals surface area contributed by atoms with Gasteiger partial charge in [-0.3, -0.25) is 0 Å². The van der Waals surface area contributed by atoms with Gasteiger partial charge in [-0.1, -0.05) is 23.7 Å². The van der Waals surface area contributed by atoms with Gasteiger partial charge in [0.05, 0.1) is 22.9 Å². The molecule has 23 heavy (non-hydrogen) atoms. The number of carboxylic acid groups (broad SMARTS) is 1. The summed E-state index contributed by atoms with van der Waals surface area (Å²) in [5, 5.41) is 10.3. The summed E-state index contributed by atoms with van der Waals surface area (Å²) < 4.78 is 1.99. The lowest BCUT2D eigenvalue weighted by Gasteiger charge is -2.09. The van der Waals surface area contributed by atoms with Crippen molar-refractivity contribution in [2.24, 2.45) is 0 Å². The lowest BCUT2D eigenvalue weighted by molar-refractivity contribution is 0.0698. The van der Waals surface area contributed by atoms with Crippen LogP contribution in [0.3, 0.4) is 0 Å². The Morgan fingerprint density at radius 2 is 2.09 bits per heavy atom. The zero-order valence-electron chi connectivity index (χ0n) is 12.6. The van der Waals surface area contributed by atoms with Crippen molar-refractivity contribution in [2.45, 2.75) is 25.8 Å². The van der Waals surface area contributed by atoms with Gasteiger partial charge in [0.2, 0.25) is 0 Å². The highest BCUT2D eigenvalue weighted by atomic mass is 35.5. The van der Waals surface area contributed by atoms with Crippen LogP contribution in [0.4, 0.5) is 0 Å². The summed E-state index contributed by atoms with van der Waals surface area (Å²) in [6, 6.07) is 9.76. The Hall–Kier alpha value is -2.33. The first-order valence-electron chi connectivity index (χ1n) is 7.55. The maximum Gasteiger partial charge on any atom is 0.337 e. The highest BCUT2D eigenvalue weighted by molar-refractivity contribution is 6.33. The molecule has 0 unspecified atom stereocenters. The maximum atomic E-state index is 11.8. The second kappa shape index (κ2) is 5.10. The molecule has 1 saturated carbocycles. The third-order valence-electron chi connectivity index (χ3n) is 4.28. The molecule has 2 aromatic carbocycles. The van der Waals surface area contributed by atoms with E-state index in [9.17, 15) is 9.90 Å². The fourth-order valence-corrected chi connectivity index (χ4v) is 3.32. The Balaban J connectivity index is 1.97. The van der Waals surface area contributed by atoms with Gasteiger partial charge in [-0.25, -0.2) is 9.78 Å². The van der Waals surface area contributed by atoms with Crippen LogP contribution in [0.5, 0.6) is 0 Å². The van der Waals surface area contributed by atoms with E-state index in [1.165, 1.54) is 0 Å². The number of benzene rings is 2. The van der Waals surface area contributed by atoms with Crippen LogP contribution in [0.25, 0.3) is 22.2 Å². The molecular weight excluding hydrogens is 312 g/mol. The van der Waals surface area contributed by atoms with Crippen LogP contribution in [0.2, 0.25) is 5.02 Å². The molecule has 0 saturated heterocycles. The summed E-state index contributed by atoms with van der Waals surface area (Å²) in [5.41, 5.74) is 4.34. The SMILES string of the molecule is Cc1ccc(-c2cc(C(=O)O)c3c(c2)ncn3C2CC2)c(Cl)c1. The number of aromatic nitrogens is 2. The standard InChI is InChI=1S/C18H15ClN2O2/c1-10-2-5-13(15(19)6-10)11-7-14(18(22)23)17-16(8-11)20-9-21(17)12-3-4-12/h2,5-9,12H,3-4H2,1H3,(H,22,23). The average Bonchev–Trinajstić information content (AvgIpc) is 3.26. The maximum absolute atomic E-state index is 11.8. The molecule has 0 bridgehead atoms. The molecule has 0 radical (unpaired) electrons. The number of fused-ring (bicyclic) bond motifs is 1. The van der Waals surface area contributed by atoms with Gasteiger partial charge in [0, 0.05) is 16.6 Å². The summed E-state index contributed by atoms with van der Waals surface area (Å²) in [6.07, 6.45) is 3.90. The smallest absolute Gasteiger partial charge is 0.337 e. The fraction of sp³-hybridized carbons (Fsp3) is 0.222. The minimum atomic E-state index is -0.942. The van der Waals surface area contributed by atoms with Crippen molar-refractivity contribution in [1.29, 1.82) is 0 Å². The van der Waals surface area contributed by atoms with Gasteiger partial charge in [-0.15, -0.1) is 0 Å². The third kappa shape index (κ3) is 2.39. The van der Waals surface area contributed by atoms with E-state index in [1.54, 1.807) is 12.4 Å². The molecule has 116 valence electrons. The molecule has 1 heterocycles. The van der Waals surface area contributed by atoms with Gasteiger partial charge in [0.25, 0.3) is 0 Å². The van der Waals surface area contributed by atoms with Gasteiger partial charge >= 0.3 is 5.97 Å². The quantitative estimate of drug-likeness (QED) is 0.759. The van der Waals surface area contributed by atoms with Crippen LogP contribution in [-0.2, 0) is 0 Å². The van der Waals surface area contributed by atoms with E-state index in [0.29, 0.717) is 22.1 Å².